The smallest absolute Gasteiger partial charge is 0.198 e. The van der Waals surface area contributed by atoms with Crippen LogP contribution in [0.3, 0.4) is 0 Å². The number of quaternary nitrogens is 1. The highest BCUT2D eigenvalue weighted by molar-refractivity contribution is 5.83. The van der Waals surface area contributed by atoms with E-state index in [0.717, 1.165) is 39.8 Å². The average Bonchev–Trinajstić information content (AvgIpc) is 2.46. The van der Waals surface area contributed by atoms with Gasteiger partial charge in [-0.25, -0.2) is 0 Å². The number of aromatic amines is 1. The molecule has 0 radical (unpaired) electrons. The number of hydrogen-bond donors (Lipinski definition) is 2. The Morgan fingerprint density at radius 1 is 1.10 bits per heavy atom. The van der Waals surface area contributed by atoms with E-state index in [9.17, 15) is 4.79 Å². The van der Waals surface area contributed by atoms with Gasteiger partial charge in [0.25, 0.3) is 0 Å². The van der Waals surface area contributed by atoms with Crippen LogP contribution in [0.2, 0.25) is 0 Å². The second kappa shape index (κ2) is 5.64. The lowest BCUT2D eigenvalue weighted by atomic mass is 10.0. The van der Waals surface area contributed by atoms with Crippen LogP contribution in [0.1, 0.15) is 41.6 Å². The summed E-state index contributed by atoms with van der Waals surface area (Å²) in [5.41, 5.74) is 5.56. The number of piperidine rings is 1. The minimum Gasteiger partial charge on any atom is -0.358 e. The maximum absolute atomic E-state index is 12.9. The van der Waals surface area contributed by atoms with Crippen molar-refractivity contribution in [2.45, 2.75) is 46.6 Å². The van der Waals surface area contributed by atoms with Crippen molar-refractivity contribution in [1.29, 1.82) is 0 Å². The summed E-state index contributed by atoms with van der Waals surface area (Å²) in [6, 6.07) is 4.16. The summed E-state index contributed by atoms with van der Waals surface area (Å²) >= 11 is 0. The predicted octanol–water partition coefficient (Wildman–Crippen LogP) is 2.02. The lowest BCUT2D eigenvalue weighted by Crippen LogP contribution is -3.11. The molecule has 3 nitrogen and oxygen atoms in total. The van der Waals surface area contributed by atoms with Gasteiger partial charge in [-0.3, -0.25) is 4.79 Å². The third kappa shape index (κ3) is 2.75. The maximum atomic E-state index is 12.9. The molecule has 0 unspecified atom stereocenters. The van der Waals surface area contributed by atoms with Gasteiger partial charge in [0.15, 0.2) is 5.43 Å². The van der Waals surface area contributed by atoms with Gasteiger partial charge in [-0.1, -0.05) is 6.07 Å². The highest BCUT2D eigenvalue weighted by Crippen LogP contribution is 2.17. The second-order valence-corrected chi connectivity index (χ2v) is 6.55. The van der Waals surface area contributed by atoms with E-state index in [2.05, 4.69) is 24.9 Å². The van der Waals surface area contributed by atoms with Crippen LogP contribution < -0.4 is 10.3 Å². The molecule has 1 saturated heterocycles. The van der Waals surface area contributed by atoms with Crippen molar-refractivity contribution in [3.63, 3.8) is 0 Å². The highest BCUT2D eigenvalue weighted by atomic mass is 16.1. The first-order chi connectivity index (χ1) is 10.1. The van der Waals surface area contributed by atoms with Gasteiger partial charge in [0.1, 0.15) is 6.54 Å². The number of benzene rings is 1. The van der Waals surface area contributed by atoms with Crippen LogP contribution in [0.5, 0.6) is 0 Å². The molecule has 1 aromatic heterocycles. The number of nitrogens with one attached hydrogen (secondary N) is 2. The molecule has 1 fully saturated rings. The number of aryl methyl sites for hydroxylation is 3. The summed E-state index contributed by atoms with van der Waals surface area (Å²) < 4.78 is 0. The summed E-state index contributed by atoms with van der Waals surface area (Å²) in [6.07, 6.45) is 3.92. The zero-order valence-corrected chi connectivity index (χ0v) is 13.3. The molecule has 2 N–H and O–H groups in total. The zero-order chi connectivity index (χ0) is 15.0. The van der Waals surface area contributed by atoms with E-state index in [1.807, 2.05) is 13.0 Å². The third-order valence-corrected chi connectivity index (χ3v) is 4.75. The Kier molecular flexibility index (Phi) is 3.85. The number of fused-ring (bicyclic) bond motifs is 1. The monoisotopic (exact) mass is 285 g/mol. The van der Waals surface area contributed by atoms with E-state index in [1.54, 1.807) is 4.90 Å². The predicted molar refractivity (Wildman–Crippen MR) is 87.0 cm³/mol. The molecule has 1 aliphatic rings. The van der Waals surface area contributed by atoms with E-state index < -0.39 is 0 Å². The summed E-state index contributed by atoms with van der Waals surface area (Å²) in [6.45, 7) is 9.43. The van der Waals surface area contributed by atoms with Gasteiger partial charge in [-0.05, 0) is 57.2 Å². The van der Waals surface area contributed by atoms with Gasteiger partial charge < -0.3 is 9.88 Å². The van der Waals surface area contributed by atoms with Crippen LogP contribution in [0.4, 0.5) is 0 Å². The summed E-state index contributed by atoms with van der Waals surface area (Å²) in [5.74, 6) is 0. The molecule has 0 spiro atoms. The van der Waals surface area contributed by atoms with Crippen LogP contribution in [0.15, 0.2) is 16.9 Å². The van der Waals surface area contributed by atoms with E-state index in [0.29, 0.717) is 0 Å². The Morgan fingerprint density at radius 2 is 1.81 bits per heavy atom. The van der Waals surface area contributed by atoms with Crippen LogP contribution >= 0.6 is 0 Å². The highest BCUT2D eigenvalue weighted by Gasteiger charge is 2.19. The first-order valence-electron chi connectivity index (χ1n) is 8.02. The van der Waals surface area contributed by atoms with Crippen LogP contribution in [0, 0.1) is 20.8 Å². The molecule has 3 heteroatoms. The molecule has 0 saturated carbocycles. The molecule has 3 rings (SSSR count). The molecule has 1 aromatic carbocycles. The number of rotatable bonds is 2. The lowest BCUT2D eigenvalue weighted by Gasteiger charge is -2.24. The van der Waals surface area contributed by atoms with Crippen molar-refractivity contribution in [3.8, 4) is 0 Å². The molecular formula is C18H25N2O+. The quantitative estimate of drug-likeness (QED) is 0.870. The number of hydrogen-bond acceptors (Lipinski definition) is 1. The standard InChI is InChI=1S/C18H24N2O/c1-12-9-13(2)17-15(10-12)18(21)16(14(3)19-17)11-20-7-5-4-6-8-20/h9-10H,4-8,11H2,1-3H3,(H,19,21)/p+1. The molecule has 112 valence electrons. The van der Waals surface area contributed by atoms with Crippen molar-refractivity contribution in [3.05, 3.63) is 44.7 Å². The Hall–Kier alpha value is -1.61. The van der Waals surface area contributed by atoms with Crippen molar-refractivity contribution in [1.82, 2.24) is 4.98 Å². The molecule has 21 heavy (non-hydrogen) atoms. The first kappa shape index (κ1) is 14.3. The minimum absolute atomic E-state index is 0.228. The number of pyridine rings is 1. The molecule has 0 atom stereocenters. The van der Waals surface area contributed by atoms with Crippen molar-refractivity contribution in [2.24, 2.45) is 0 Å². The molecule has 0 aliphatic carbocycles. The second-order valence-electron chi connectivity index (χ2n) is 6.55. The fourth-order valence-electron chi connectivity index (χ4n) is 3.60. The lowest BCUT2D eigenvalue weighted by molar-refractivity contribution is -0.918. The van der Waals surface area contributed by atoms with Gasteiger partial charge in [0.2, 0.25) is 0 Å². The third-order valence-electron chi connectivity index (χ3n) is 4.75. The van der Waals surface area contributed by atoms with Crippen LogP contribution in [-0.2, 0) is 6.54 Å². The molecule has 1 aliphatic heterocycles. The molecule has 0 bridgehead atoms. The van der Waals surface area contributed by atoms with Gasteiger partial charge in [-0.15, -0.1) is 0 Å². The van der Waals surface area contributed by atoms with Crippen molar-refractivity contribution < 1.29 is 4.90 Å². The fourth-order valence-corrected chi connectivity index (χ4v) is 3.60. The number of likely N-dealkylation sites (tertiary alicyclic amines) is 1. The van der Waals surface area contributed by atoms with Crippen LogP contribution in [0.25, 0.3) is 10.9 Å². The molecule has 0 amide bonds. The molecule has 2 aromatic rings. The summed E-state index contributed by atoms with van der Waals surface area (Å²) in [4.78, 5) is 17.9. The van der Waals surface area contributed by atoms with E-state index >= 15 is 0 Å². The average molecular weight is 285 g/mol. The fraction of sp³-hybridized carbons (Fsp3) is 0.500. The molecule has 2 heterocycles. The van der Waals surface area contributed by atoms with Gasteiger partial charge in [0.05, 0.1) is 24.2 Å². The van der Waals surface area contributed by atoms with Crippen molar-refractivity contribution in [2.75, 3.05) is 13.1 Å². The molecular weight excluding hydrogens is 260 g/mol. The van der Waals surface area contributed by atoms with Gasteiger partial charge in [-0.2, -0.15) is 0 Å². The SMILES string of the molecule is Cc1cc(C)c2[nH]c(C)c(C[NH+]3CCCCC3)c(=O)c2c1. The number of H-pyrrole nitrogens is 1. The summed E-state index contributed by atoms with van der Waals surface area (Å²) in [7, 11) is 0. The van der Waals surface area contributed by atoms with Crippen molar-refractivity contribution >= 4 is 10.9 Å². The summed E-state index contributed by atoms with van der Waals surface area (Å²) in [5, 5.41) is 0.851. The van der Waals surface area contributed by atoms with E-state index in [1.165, 1.54) is 32.4 Å². The Balaban J connectivity index is 2.08. The minimum atomic E-state index is 0.228. The number of aromatic nitrogens is 1. The van der Waals surface area contributed by atoms with E-state index in [-0.39, 0.29) is 5.43 Å². The topological polar surface area (TPSA) is 37.3 Å². The Morgan fingerprint density at radius 3 is 2.52 bits per heavy atom. The van der Waals surface area contributed by atoms with Gasteiger partial charge in [0, 0.05) is 11.1 Å². The maximum Gasteiger partial charge on any atom is 0.198 e. The first-order valence-corrected chi connectivity index (χ1v) is 8.02. The Bertz CT molecular complexity index is 724. The van der Waals surface area contributed by atoms with Crippen LogP contribution in [-0.4, -0.2) is 18.1 Å². The van der Waals surface area contributed by atoms with Gasteiger partial charge >= 0.3 is 0 Å². The zero-order valence-electron chi connectivity index (χ0n) is 13.3. The largest absolute Gasteiger partial charge is 0.358 e. The Labute approximate surface area is 126 Å². The normalized spacial score (nSPS) is 16.5. The van der Waals surface area contributed by atoms with E-state index in [4.69, 9.17) is 0 Å².